The number of rotatable bonds is 5. The Morgan fingerprint density at radius 3 is 2.81 bits per heavy atom. The van der Waals surface area contributed by atoms with Crippen LogP contribution in [0.2, 0.25) is 5.02 Å². The predicted molar refractivity (Wildman–Crippen MR) is 123 cm³/mol. The second-order valence-electron chi connectivity index (χ2n) is 7.42. The molecule has 0 aromatic heterocycles. The van der Waals surface area contributed by atoms with E-state index in [0.29, 0.717) is 27.4 Å². The maximum atomic E-state index is 12.3. The number of ether oxygens (including phenoxy) is 2. The lowest BCUT2D eigenvalue weighted by Gasteiger charge is -2.26. The monoisotopic (exact) mass is 480 g/mol. The number of fused-ring (bicyclic) bond motifs is 1. The van der Waals surface area contributed by atoms with Gasteiger partial charge in [0.2, 0.25) is 0 Å². The summed E-state index contributed by atoms with van der Waals surface area (Å²) in [5.41, 5.74) is 1.61. The van der Waals surface area contributed by atoms with Crippen LogP contribution in [0, 0.1) is 6.92 Å². The molecular formula is C21H21ClN2O5S2. The summed E-state index contributed by atoms with van der Waals surface area (Å²) in [7, 11) is -1.78. The predicted octanol–water partition coefficient (Wildman–Crippen LogP) is 3.69. The summed E-state index contributed by atoms with van der Waals surface area (Å²) in [5, 5.41) is 0.650. The van der Waals surface area contributed by atoms with Crippen LogP contribution in [-0.4, -0.2) is 56.0 Å². The number of amides is 1. The molecule has 2 aromatic rings. The highest BCUT2D eigenvalue weighted by atomic mass is 35.5. The number of sulfone groups is 1. The topological polar surface area (TPSA) is 85.3 Å². The second-order valence-corrected chi connectivity index (χ2v) is 11.2. The van der Waals surface area contributed by atoms with Crippen molar-refractivity contribution in [2.75, 3.05) is 30.1 Å². The number of aliphatic imine (C=N–C) groups is 1. The minimum absolute atomic E-state index is 0.0292. The average molecular weight is 481 g/mol. The van der Waals surface area contributed by atoms with Crippen LogP contribution in [0.4, 0.5) is 5.69 Å². The summed E-state index contributed by atoms with van der Waals surface area (Å²) in [5.74, 6) is 0.692. The van der Waals surface area contributed by atoms with E-state index in [1.165, 1.54) is 18.9 Å². The number of amidine groups is 1. The van der Waals surface area contributed by atoms with E-state index in [4.69, 9.17) is 21.1 Å². The zero-order valence-corrected chi connectivity index (χ0v) is 19.3. The maximum Gasteiger partial charge on any atom is 0.274 e. The molecule has 1 amide bonds. The summed E-state index contributed by atoms with van der Waals surface area (Å²) >= 11 is 7.58. The molecule has 31 heavy (non-hydrogen) atoms. The molecule has 2 aromatic carbocycles. The molecule has 164 valence electrons. The second kappa shape index (κ2) is 8.82. The SMILES string of the molecule is COCC(=O)N=C1S[C@H]2CS(=O)(=O)C[C@H]2N1c1cc(Cl)ccc1Oc1cccc(C)c1. The quantitative estimate of drug-likeness (QED) is 0.645. The molecule has 10 heteroatoms. The highest BCUT2D eigenvalue weighted by Gasteiger charge is 2.50. The van der Waals surface area contributed by atoms with E-state index in [-0.39, 0.29) is 29.4 Å². The first-order chi connectivity index (χ1) is 14.8. The van der Waals surface area contributed by atoms with E-state index in [9.17, 15) is 13.2 Å². The molecule has 4 rings (SSSR count). The minimum atomic E-state index is -3.20. The van der Waals surface area contributed by atoms with Gasteiger partial charge >= 0.3 is 0 Å². The number of carbonyl (C=O) groups is 1. The van der Waals surface area contributed by atoms with Gasteiger partial charge in [0.15, 0.2) is 20.8 Å². The summed E-state index contributed by atoms with van der Waals surface area (Å²) in [6, 6.07) is 12.4. The molecule has 7 nitrogen and oxygen atoms in total. The molecule has 0 unspecified atom stereocenters. The molecule has 0 aliphatic carbocycles. The fourth-order valence-electron chi connectivity index (χ4n) is 3.68. The molecule has 0 bridgehead atoms. The van der Waals surface area contributed by atoms with Crippen molar-refractivity contribution >= 4 is 50.0 Å². The minimum Gasteiger partial charge on any atom is -0.455 e. The number of hydrogen-bond donors (Lipinski definition) is 0. The Kier molecular flexibility index (Phi) is 6.30. The van der Waals surface area contributed by atoms with Gasteiger partial charge in [-0.2, -0.15) is 4.99 Å². The van der Waals surface area contributed by atoms with Gasteiger partial charge in [0, 0.05) is 17.4 Å². The fraction of sp³-hybridized carbons (Fsp3) is 0.333. The molecule has 0 spiro atoms. The Labute approximate surface area is 190 Å². The van der Waals surface area contributed by atoms with Crippen molar-refractivity contribution < 1.29 is 22.7 Å². The number of nitrogens with zero attached hydrogens (tertiary/aromatic N) is 2. The number of carbonyl (C=O) groups excluding carboxylic acids is 1. The normalized spacial score (nSPS) is 23.2. The Morgan fingerprint density at radius 2 is 2.06 bits per heavy atom. The van der Waals surface area contributed by atoms with Gasteiger partial charge in [-0.05, 0) is 42.8 Å². The van der Waals surface area contributed by atoms with Gasteiger partial charge in [-0.25, -0.2) is 8.42 Å². The van der Waals surface area contributed by atoms with E-state index >= 15 is 0 Å². The highest BCUT2D eigenvalue weighted by Crippen LogP contribution is 2.45. The third-order valence-corrected chi connectivity index (χ3v) is 8.40. The van der Waals surface area contributed by atoms with Crippen LogP contribution in [0.1, 0.15) is 5.56 Å². The third-order valence-electron chi connectivity index (χ3n) is 4.95. The Balaban J connectivity index is 1.78. The molecule has 0 radical (unpaired) electrons. The summed E-state index contributed by atoms with van der Waals surface area (Å²) in [6.45, 7) is 1.81. The zero-order chi connectivity index (χ0) is 22.2. The Morgan fingerprint density at radius 1 is 1.26 bits per heavy atom. The smallest absolute Gasteiger partial charge is 0.274 e. The van der Waals surface area contributed by atoms with Crippen LogP contribution in [0.5, 0.6) is 11.5 Å². The van der Waals surface area contributed by atoms with Crippen molar-refractivity contribution in [1.82, 2.24) is 0 Å². The summed E-state index contributed by atoms with van der Waals surface area (Å²) < 4.78 is 35.6. The number of aryl methyl sites for hydroxylation is 1. The Bertz CT molecular complexity index is 1150. The largest absolute Gasteiger partial charge is 0.455 e. The number of hydrogen-bond acceptors (Lipinski definition) is 6. The van der Waals surface area contributed by atoms with E-state index in [1.807, 2.05) is 31.2 Å². The molecule has 2 heterocycles. The average Bonchev–Trinajstić information content (AvgIpc) is 3.14. The van der Waals surface area contributed by atoms with Crippen LogP contribution >= 0.6 is 23.4 Å². The van der Waals surface area contributed by atoms with Gasteiger partial charge in [-0.3, -0.25) is 4.79 Å². The first-order valence-electron chi connectivity index (χ1n) is 9.56. The van der Waals surface area contributed by atoms with E-state index in [2.05, 4.69) is 4.99 Å². The van der Waals surface area contributed by atoms with E-state index in [0.717, 1.165) is 5.56 Å². The van der Waals surface area contributed by atoms with Gasteiger partial charge in [-0.15, -0.1) is 0 Å². The van der Waals surface area contributed by atoms with E-state index in [1.54, 1.807) is 23.1 Å². The van der Waals surface area contributed by atoms with Crippen molar-refractivity contribution in [2.24, 2.45) is 4.99 Å². The molecule has 0 saturated carbocycles. The van der Waals surface area contributed by atoms with Crippen LogP contribution in [0.25, 0.3) is 0 Å². The first-order valence-corrected chi connectivity index (χ1v) is 12.6. The summed E-state index contributed by atoms with van der Waals surface area (Å²) in [6.07, 6.45) is 0. The highest BCUT2D eigenvalue weighted by molar-refractivity contribution is 8.16. The fourth-order valence-corrected chi connectivity index (χ4v) is 7.77. The zero-order valence-electron chi connectivity index (χ0n) is 16.9. The van der Waals surface area contributed by atoms with Crippen LogP contribution in [-0.2, 0) is 19.4 Å². The lowest BCUT2D eigenvalue weighted by molar-refractivity contribution is -0.121. The number of thioether (sulfide) groups is 1. The molecule has 2 atom stereocenters. The Hall–Kier alpha value is -2.07. The summed E-state index contributed by atoms with van der Waals surface area (Å²) in [4.78, 5) is 18.1. The lowest BCUT2D eigenvalue weighted by atomic mass is 10.2. The molecule has 2 fully saturated rings. The van der Waals surface area contributed by atoms with Gasteiger partial charge in [0.05, 0.1) is 23.2 Å². The van der Waals surface area contributed by atoms with Gasteiger partial charge in [0.25, 0.3) is 5.91 Å². The number of methoxy groups -OCH3 is 1. The number of anilines is 1. The number of benzene rings is 2. The van der Waals surface area contributed by atoms with Crippen LogP contribution in [0.3, 0.4) is 0 Å². The van der Waals surface area contributed by atoms with Gasteiger partial charge in [-0.1, -0.05) is 35.5 Å². The van der Waals surface area contributed by atoms with Gasteiger partial charge < -0.3 is 14.4 Å². The third kappa shape index (κ3) is 4.90. The van der Waals surface area contributed by atoms with Crippen LogP contribution < -0.4 is 9.64 Å². The molecular weight excluding hydrogens is 460 g/mol. The van der Waals surface area contributed by atoms with E-state index < -0.39 is 15.7 Å². The van der Waals surface area contributed by atoms with Crippen molar-refractivity contribution in [3.8, 4) is 11.5 Å². The van der Waals surface area contributed by atoms with Crippen molar-refractivity contribution in [2.45, 2.75) is 18.2 Å². The first kappa shape index (κ1) is 22.1. The number of halogens is 1. The molecule has 2 aliphatic heterocycles. The van der Waals surface area contributed by atoms with Crippen LogP contribution in [0.15, 0.2) is 47.5 Å². The lowest BCUT2D eigenvalue weighted by Crippen LogP contribution is -2.38. The van der Waals surface area contributed by atoms with Crippen molar-refractivity contribution in [1.29, 1.82) is 0 Å². The molecule has 2 saturated heterocycles. The van der Waals surface area contributed by atoms with Crippen molar-refractivity contribution in [3.05, 3.63) is 53.1 Å². The standard InChI is InChI=1S/C21H21ClN2O5S2/c1-13-4-3-5-15(8-13)29-18-7-6-14(22)9-16(18)24-17-11-31(26,27)12-19(17)30-21(24)23-20(25)10-28-2/h3-9,17,19H,10-12H2,1-2H3/t17-,19+/m1/s1. The molecule has 2 aliphatic rings. The van der Waals surface area contributed by atoms with Gasteiger partial charge in [0.1, 0.15) is 12.4 Å². The molecule has 0 N–H and O–H groups in total. The van der Waals surface area contributed by atoms with Crippen molar-refractivity contribution in [3.63, 3.8) is 0 Å². The maximum absolute atomic E-state index is 12.3.